The van der Waals surface area contributed by atoms with E-state index in [1.165, 1.54) is 32.1 Å². The Bertz CT molecular complexity index is 762. The quantitative estimate of drug-likeness (QED) is 0.539. The lowest BCUT2D eigenvalue weighted by Gasteiger charge is -2.67. The van der Waals surface area contributed by atoms with E-state index in [4.69, 9.17) is 4.74 Å². The molecule has 10 unspecified atom stereocenters. The van der Waals surface area contributed by atoms with Crippen LogP contribution in [0.15, 0.2) is 0 Å². The summed E-state index contributed by atoms with van der Waals surface area (Å²) in [6, 6.07) is 0. The van der Waals surface area contributed by atoms with Gasteiger partial charge in [-0.2, -0.15) is 0 Å². The maximum Gasteiger partial charge on any atom is 0.309 e. The van der Waals surface area contributed by atoms with E-state index in [-0.39, 0.29) is 12.1 Å². The molecular weight excluding hydrogens is 388 g/mol. The van der Waals surface area contributed by atoms with Gasteiger partial charge in [0, 0.05) is 6.92 Å². The SMILES string of the molecule is CC(=O)OC1CCC2(C)C(CCC3(C)C4CCC5(C(=O)O)CCCC5C4CCC23)C1C. The number of carboxylic acid groups (broad SMARTS) is 1. The summed E-state index contributed by atoms with van der Waals surface area (Å²) in [4.78, 5) is 24.0. The maximum atomic E-state index is 12.3. The first-order valence-electron chi connectivity index (χ1n) is 13.0. The molecule has 0 heterocycles. The molecule has 174 valence electrons. The number of ether oxygens (including phenoxy) is 1. The number of hydrogen-bond acceptors (Lipinski definition) is 3. The third-order valence-electron chi connectivity index (χ3n) is 11.8. The van der Waals surface area contributed by atoms with Crippen LogP contribution in [0.3, 0.4) is 0 Å². The van der Waals surface area contributed by atoms with Crippen molar-refractivity contribution in [3.8, 4) is 0 Å². The highest BCUT2D eigenvalue weighted by Gasteiger charge is 2.66. The topological polar surface area (TPSA) is 63.6 Å². The molecule has 31 heavy (non-hydrogen) atoms. The zero-order valence-electron chi connectivity index (χ0n) is 20.0. The summed E-state index contributed by atoms with van der Waals surface area (Å²) in [5, 5.41) is 10.2. The zero-order chi connectivity index (χ0) is 22.2. The Morgan fingerprint density at radius 3 is 2.23 bits per heavy atom. The predicted octanol–water partition coefficient (Wildman–Crippen LogP) is 6.08. The Morgan fingerprint density at radius 1 is 0.839 bits per heavy atom. The molecule has 0 aromatic rings. The largest absolute Gasteiger partial charge is 0.481 e. The number of fused-ring (bicyclic) bond motifs is 7. The Kier molecular flexibility index (Phi) is 5.07. The molecule has 1 N–H and O–H groups in total. The van der Waals surface area contributed by atoms with E-state index in [9.17, 15) is 14.7 Å². The highest BCUT2D eigenvalue weighted by atomic mass is 16.5. The fourth-order valence-electron chi connectivity index (χ4n) is 10.6. The number of esters is 1. The van der Waals surface area contributed by atoms with E-state index >= 15 is 0 Å². The smallest absolute Gasteiger partial charge is 0.309 e. The molecule has 0 aliphatic heterocycles. The summed E-state index contributed by atoms with van der Waals surface area (Å²) >= 11 is 0. The van der Waals surface area contributed by atoms with Crippen LogP contribution in [0.4, 0.5) is 0 Å². The molecular formula is C27H42O4. The third-order valence-corrected chi connectivity index (χ3v) is 11.8. The lowest BCUT2D eigenvalue weighted by molar-refractivity contribution is -0.204. The van der Waals surface area contributed by atoms with E-state index in [1.807, 2.05) is 0 Å². The predicted molar refractivity (Wildman–Crippen MR) is 119 cm³/mol. The number of aliphatic carboxylic acids is 1. The van der Waals surface area contributed by atoms with Gasteiger partial charge in [0.2, 0.25) is 0 Å². The van der Waals surface area contributed by atoms with Crippen molar-refractivity contribution in [1.82, 2.24) is 0 Å². The van der Waals surface area contributed by atoms with Gasteiger partial charge in [-0.05, 0) is 111 Å². The molecule has 5 fully saturated rings. The summed E-state index contributed by atoms with van der Waals surface area (Å²) in [7, 11) is 0. The molecule has 0 aromatic carbocycles. The van der Waals surface area contributed by atoms with Gasteiger partial charge in [-0.1, -0.05) is 27.2 Å². The van der Waals surface area contributed by atoms with Crippen molar-refractivity contribution in [1.29, 1.82) is 0 Å². The summed E-state index contributed by atoms with van der Waals surface area (Å²) in [5.41, 5.74) is 0.253. The van der Waals surface area contributed by atoms with Gasteiger partial charge in [0.05, 0.1) is 5.41 Å². The van der Waals surface area contributed by atoms with Gasteiger partial charge >= 0.3 is 11.9 Å². The van der Waals surface area contributed by atoms with Crippen LogP contribution in [0.2, 0.25) is 0 Å². The van der Waals surface area contributed by atoms with Crippen LogP contribution in [-0.2, 0) is 14.3 Å². The number of rotatable bonds is 2. The van der Waals surface area contributed by atoms with Crippen LogP contribution in [0.25, 0.3) is 0 Å². The van der Waals surface area contributed by atoms with Crippen LogP contribution in [0, 0.1) is 51.8 Å². The zero-order valence-corrected chi connectivity index (χ0v) is 20.0. The van der Waals surface area contributed by atoms with Gasteiger partial charge in [-0.25, -0.2) is 0 Å². The van der Waals surface area contributed by atoms with Crippen molar-refractivity contribution in [3.63, 3.8) is 0 Å². The molecule has 4 nitrogen and oxygen atoms in total. The average molecular weight is 431 g/mol. The monoisotopic (exact) mass is 430 g/mol. The van der Waals surface area contributed by atoms with Crippen molar-refractivity contribution in [3.05, 3.63) is 0 Å². The van der Waals surface area contributed by atoms with E-state index in [0.29, 0.717) is 40.4 Å². The number of hydrogen-bond donors (Lipinski definition) is 1. The standard InChI is InChI=1S/C27H42O4/c1-16-19-9-13-26(4)20-10-15-27(24(29)30)12-5-6-21(27)18(20)7-8-23(26)25(19,3)14-11-22(16)31-17(2)28/h16,18-23H,5-15H2,1-4H3,(H,29,30). The first-order valence-corrected chi connectivity index (χ1v) is 13.0. The highest BCUT2D eigenvalue weighted by Crippen LogP contribution is 2.71. The Hall–Kier alpha value is -1.06. The average Bonchev–Trinajstić information content (AvgIpc) is 3.16. The Morgan fingerprint density at radius 2 is 1.52 bits per heavy atom. The Labute approximate surface area is 187 Å². The fourth-order valence-corrected chi connectivity index (χ4v) is 10.6. The Balaban J connectivity index is 1.42. The minimum atomic E-state index is -0.506. The van der Waals surface area contributed by atoms with Crippen LogP contribution in [-0.4, -0.2) is 23.1 Å². The van der Waals surface area contributed by atoms with Gasteiger partial charge in [0.15, 0.2) is 0 Å². The van der Waals surface area contributed by atoms with Gasteiger partial charge in [-0.15, -0.1) is 0 Å². The summed E-state index contributed by atoms with van der Waals surface area (Å²) in [6.45, 7) is 9.01. The van der Waals surface area contributed by atoms with Crippen molar-refractivity contribution < 1.29 is 19.4 Å². The van der Waals surface area contributed by atoms with Gasteiger partial charge in [0.25, 0.3) is 0 Å². The number of carboxylic acids is 1. The minimum absolute atomic E-state index is 0.0839. The van der Waals surface area contributed by atoms with Crippen LogP contribution in [0.5, 0.6) is 0 Å². The van der Waals surface area contributed by atoms with Crippen molar-refractivity contribution in [2.45, 2.75) is 104 Å². The van der Waals surface area contributed by atoms with E-state index in [2.05, 4.69) is 20.8 Å². The second kappa shape index (κ2) is 7.22. The molecule has 0 aromatic heterocycles. The number of carbonyl (C=O) groups is 2. The summed E-state index contributed by atoms with van der Waals surface area (Å²) < 4.78 is 5.73. The van der Waals surface area contributed by atoms with Crippen molar-refractivity contribution in [2.75, 3.05) is 0 Å². The molecule has 0 bridgehead atoms. The van der Waals surface area contributed by atoms with E-state index < -0.39 is 11.4 Å². The van der Waals surface area contributed by atoms with Gasteiger partial charge in [-0.3, -0.25) is 9.59 Å². The molecule has 5 aliphatic carbocycles. The summed E-state index contributed by atoms with van der Waals surface area (Å²) in [5.74, 6) is 2.87. The molecule has 4 heteroatoms. The van der Waals surface area contributed by atoms with Crippen molar-refractivity contribution in [2.24, 2.45) is 51.8 Å². The molecule has 5 rings (SSSR count). The molecule has 5 aliphatic rings. The van der Waals surface area contributed by atoms with Gasteiger partial charge in [0.1, 0.15) is 6.10 Å². The normalized spacial score (nSPS) is 53.5. The maximum absolute atomic E-state index is 12.3. The van der Waals surface area contributed by atoms with Crippen LogP contribution >= 0.6 is 0 Å². The molecule has 0 spiro atoms. The highest BCUT2D eigenvalue weighted by molar-refractivity contribution is 5.75. The van der Waals surface area contributed by atoms with Crippen LogP contribution in [0.1, 0.15) is 98.3 Å². The molecule has 0 amide bonds. The second-order valence-corrected chi connectivity index (χ2v) is 12.6. The van der Waals surface area contributed by atoms with Crippen LogP contribution < -0.4 is 0 Å². The number of carbonyl (C=O) groups excluding carboxylic acids is 1. The fraction of sp³-hybridized carbons (Fsp3) is 0.926. The second-order valence-electron chi connectivity index (χ2n) is 12.6. The third kappa shape index (κ3) is 2.91. The molecule has 0 saturated heterocycles. The first kappa shape index (κ1) is 21.8. The minimum Gasteiger partial charge on any atom is -0.481 e. The first-order chi connectivity index (χ1) is 14.6. The molecule has 10 atom stereocenters. The van der Waals surface area contributed by atoms with E-state index in [1.54, 1.807) is 6.92 Å². The lowest BCUT2D eigenvalue weighted by atomic mass is 9.37. The van der Waals surface area contributed by atoms with Crippen molar-refractivity contribution >= 4 is 11.9 Å². The lowest BCUT2D eigenvalue weighted by Crippen LogP contribution is -2.61. The van der Waals surface area contributed by atoms with E-state index in [0.717, 1.165) is 44.4 Å². The molecule has 0 radical (unpaired) electrons. The summed E-state index contributed by atoms with van der Waals surface area (Å²) in [6.07, 6.45) is 12.4. The van der Waals surface area contributed by atoms with Gasteiger partial charge < -0.3 is 9.84 Å². The molecule has 5 saturated carbocycles.